The quantitative estimate of drug-likeness (QED) is 0.0195. The van der Waals surface area contributed by atoms with Crippen LogP contribution >= 0.6 is 0 Å². The Morgan fingerprint density at radius 2 is 0.907 bits per heavy atom. The molecular weight excluding hydrogens is 943 g/mol. The van der Waals surface area contributed by atoms with Crippen molar-refractivity contribution in [2.75, 3.05) is 19.8 Å². The van der Waals surface area contributed by atoms with Crippen molar-refractivity contribution in [2.24, 2.45) is 0 Å². The standard InChI is InChI=1S/C64H117NO10/c1-3-5-7-9-11-13-31-36-40-44-48-52-60(69)73-53-49-45-41-37-33-30-28-26-24-22-20-18-16-15-17-19-21-23-25-27-29-32-35-39-43-47-51-59(68)65-56(55-74-64-63(72)62(71)61(70)58(54-66)75-64)57(67)50-46-42-38-34-14-12-10-8-6-4-2/h6,8,14-15,17,34,46,50,56-58,61-64,66-67,70-72H,3-5,7,9-13,16,18-33,35-45,47-49,51-55H2,1-2H3,(H,65,68)/b8-6+,17-15-,34-14+,50-46+. The highest BCUT2D eigenvalue weighted by Crippen LogP contribution is 2.23. The van der Waals surface area contributed by atoms with Crippen molar-refractivity contribution in [3.05, 3.63) is 48.6 Å². The first-order valence-corrected chi connectivity index (χ1v) is 31.4. The van der Waals surface area contributed by atoms with Crippen LogP contribution in [0.3, 0.4) is 0 Å². The summed E-state index contributed by atoms with van der Waals surface area (Å²) in [6.07, 6.45) is 58.1. The molecule has 0 aromatic heterocycles. The van der Waals surface area contributed by atoms with E-state index in [0.29, 0.717) is 19.4 Å². The summed E-state index contributed by atoms with van der Waals surface area (Å²) in [4.78, 5) is 25.0. The molecule has 7 unspecified atom stereocenters. The molecule has 1 amide bonds. The summed E-state index contributed by atoms with van der Waals surface area (Å²) in [6, 6.07) is -0.835. The van der Waals surface area contributed by atoms with Crippen LogP contribution in [0.1, 0.15) is 284 Å². The average molecular weight is 1060 g/mol. The Morgan fingerprint density at radius 3 is 1.39 bits per heavy atom. The van der Waals surface area contributed by atoms with Gasteiger partial charge in [-0.15, -0.1) is 0 Å². The third-order valence-electron chi connectivity index (χ3n) is 14.7. The Kier molecular flexibility index (Phi) is 50.5. The second-order valence-corrected chi connectivity index (χ2v) is 21.7. The van der Waals surface area contributed by atoms with Gasteiger partial charge in [-0.25, -0.2) is 0 Å². The highest BCUT2D eigenvalue weighted by molar-refractivity contribution is 5.76. The Morgan fingerprint density at radius 1 is 0.493 bits per heavy atom. The van der Waals surface area contributed by atoms with E-state index >= 15 is 0 Å². The van der Waals surface area contributed by atoms with Gasteiger partial charge in [-0.05, 0) is 77.0 Å². The average Bonchev–Trinajstić information content (AvgIpc) is 3.41. The molecule has 0 saturated carbocycles. The van der Waals surface area contributed by atoms with Gasteiger partial charge in [0, 0.05) is 12.8 Å². The Balaban J connectivity index is 2.00. The third-order valence-corrected chi connectivity index (χ3v) is 14.7. The number of carbonyl (C=O) groups is 2. The van der Waals surface area contributed by atoms with E-state index in [1.165, 1.54) is 180 Å². The van der Waals surface area contributed by atoms with Gasteiger partial charge in [-0.3, -0.25) is 9.59 Å². The van der Waals surface area contributed by atoms with Gasteiger partial charge in [0.2, 0.25) is 5.91 Å². The molecule has 0 radical (unpaired) electrons. The van der Waals surface area contributed by atoms with Gasteiger partial charge in [0.25, 0.3) is 0 Å². The lowest BCUT2D eigenvalue weighted by atomic mass is 9.99. The van der Waals surface area contributed by atoms with Crippen LogP contribution in [0, 0.1) is 0 Å². The van der Waals surface area contributed by atoms with Gasteiger partial charge < -0.3 is 45.1 Å². The van der Waals surface area contributed by atoms with Crippen molar-refractivity contribution in [3.8, 4) is 0 Å². The molecule has 0 aliphatic carbocycles. The molecule has 1 saturated heterocycles. The minimum atomic E-state index is -1.58. The Bertz CT molecular complexity index is 1390. The number of nitrogens with one attached hydrogen (secondary N) is 1. The lowest BCUT2D eigenvalue weighted by Crippen LogP contribution is -2.60. The van der Waals surface area contributed by atoms with Crippen LogP contribution in [0.4, 0.5) is 0 Å². The molecule has 1 heterocycles. The second kappa shape index (κ2) is 53.6. The van der Waals surface area contributed by atoms with Gasteiger partial charge in [-0.2, -0.15) is 0 Å². The number of rotatable bonds is 54. The maximum atomic E-state index is 13.0. The van der Waals surface area contributed by atoms with E-state index in [0.717, 1.165) is 77.0 Å². The summed E-state index contributed by atoms with van der Waals surface area (Å²) in [5, 5.41) is 54.2. The number of hydrogen-bond donors (Lipinski definition) is 6. The summed E-state index contributed by atoms with van der Waals surface area (Å²) in [5.74, 6) is -0.198. The topological polar surface area (TPSA) is 175 Å². The van der Waals surface area contributed by atoms with Crippen molar-refractivity contribution in [1.29, 1.82) is 0 Å². The van der Waals surface area contributed by atoms with Crippen molar-refractivity contribution in [2.45, 2.75) is 326 Å². The normalized spacial score (nSPS) is 19.1. The molecule has 11 nitrogen and oxygen atoms in total. The van der Waals surface area contributed by atoms with E-state index in [2.05, 4.69) is 55.6 Å². The van der Waals surface area contributed by atoms with Gasteiger partial charge in [0.05, 0.1) is 32.0 Å². The molecule has 6 N–H and O–H groups in total. The fourth-order valence-corrected chi connectivity index (χ4v) is 9.70. The van der Waals surface area contributed by atoms with Gasteiger partial charge in [0.1, 0.15) is 24.4 Å². The van der Waals surface area contributed by atoms with E-state index in [-0.39, 0.29) is 18.5 Å². The lowest BCUT2D eigenvalue weighted by Gasteiger charge is -2.40. The summed E-state index contributed by atoms with van der Waals surface area (Å²) in [5.41, 5.74) is 0. The fraction of sp³-hybridized carbons (Fsp3) is 0.844. The van der Waals surface area contributed by atoms with Gasteiger partial charge >= 0.3 is 5.97 Å². The molecule has 0 bridgehead atoms. The van der Waals surface area contributed by atoms with Crippen LogP contribution in [0.5, 0.6) is 0 Å². The zero-order chi connectivity index (χ0) is 54.5. The number of esters is 1. The van der Waals surface area contributed by atoms with Crippen LogP contribution in [0.2, 0.25) is 0 Å². The molecule has 1 aliphatic rings. The van der Waals surface area contributed by atoms with Gasteiger partial charge in [0.15, 0.2) is 6.29 Å². The van der Waals surface area contributed by atoms with Crippen LogP contribution in [0.15, 0.2) is 48.6 Å². The molecule has 75 heavy (non-hydrogen) atoms. The first-order chi connectivity index (χ1) is 36.7. The molecule has 11 heteroatoms. The first kappa shape index (κ1) is 70.6. The largest absolute Gasteiger partial charge is 0.466 e. The molecule has 0 spiro atoms. The number of hydrogen-bond acceptors (Lipinski definition) is 10. The number of aliphatic hydroxyl groups excluding tert-OH is 5. The smallest absolute Gasteiger partial charge is 0.305 e. The maximum Gasteiger partial charge on any atom is 0.305 e. The van der Waals surface area contributed by atoms with Crippen molar-refractivity contribution >= 4 is 11.9 Å². The molecular formula is C64H117NO10. The predicted molar refractivity (Wildman–Crippen MR) is 310 cm³/mol. The number of ether oxygens (including phenoxy) is 3. The molecule has 1 aliphatic heterocycles. The minimum Gasteiger partial charge on any atom is -0.466 e. The van der Waals surface area contributed by atoms with Crippen molar-refractivity contribution < 1.29 is 49.3 Å². The summed E-state index contributed by atoms with van der Waals surface area (Å²) in [6.45, 7) is 4.20. The van der Waals surface area contributed by atoms with Crippen LogP contribution < -0.4 is 5.32 Å². The van der Waals surface area contributed by atoms with E-state index in [4.69, 9.17) is 14.2 Å². The summed E-state index contributed by atoms with van der Waals surface area (Å²) in [7, 11) is 0. The van der Waals surface area contributed by atoms with Crippen LogP contribution in [0.25, 0.3) is 0 Å². The number of amides is 1. The predicted octanol–water partition coefficient (Wildman–Crippen LogP) is 14.8. The molecule has 438 valence electrons. The Labute approximate surface area is 459 Å². The molecule has 0 aromatic rings. The van der Waals surface area contributed by atoms with Crippen molar-refractivity contribution in [1.82, 2.24) is 5.32 Å². The number of unbranched alkanes of at least 4 members (excludes halogenated alkanes) is 34. The SMILES string of the molecule is CC/C=C/CC/C=C/CC/C=C/C(O)C(COC1OC(CO)C(O)C(O)C1O)NC(=O)CCCCCCCCCCCC/C=C\CCCCCCCCCCCCCCOC(=O)CCCCCCCCCCCCC. The summed E-state index contributed by atoms with van der Waals surface area (Å²) >= 11 is 0. The fourth-order valence-electron chi connectivity index (χ4n) is 9.70. The zero-order valence-corrected chi connectivity index (χ0v) is 48.3. The molecule has 1 fully saturated rings. The minimum absolute atomic E-state index is 0.00295. The maximum absolute atomic E-state index is 13.0. The highest BCUT2D eigenvalue weighted by atomic mass is 16.7. The molecule has 1 rings (SSSR count). The highest BCUT2D eigenvalue weighted by Gasteiger charge is 2.44. The van der Waals surface area contributed by atoms with E-state index in [9.17, 15) is 35.1 Å². The summed E-state index contributed by atoms with van der Waals surface area (Å²) < 4.78 is 16.7. The van der Waals surface area contributed by atoms with Crippen molar-refractivity contribution in [3.63, 3.8) is 0 Å². The van der Waals surface area contributed by atoms with Crippen LogP contribution in [-0.2, 0) is 23.8 Å². The van der Waals surface area contributed by atoms with E-state index in [1.807, 2.05) is 6.08 Å². The third kappa shape index (κ3) is 43.2. The lowest BCUT2D eigenvalue weighted by molar-refractivity contribution is -0.302. The number of aliphatic hydroxyl groups is 5. The monoisotopic (exact) mass is 1060 g/mol. The molecule has 7 atom stereocenters. The number of allylic oxidation sites excluding steroid dienone is 7. The van der Waals surface area contributed by atoms with E-state index in [1.54, 1.807) is 6.08 Å². The second-order valence-electron chi connectivity index (χ2n) is 21.7. The first-order valence-electron chi connectivity index (χ1n) is 31.4. The zero-order valence-electron chi connectivity index (χ0n) is 48.3. The van der Waals surface area contributed by atoms with Gasteiger partial charge in [-0.1, -0.05) is 242 Å². The number of carbonyl (C=O) groups excluding carboxylic acids is 2. The van der Waals surface area contributed by atoms with E-state index < -0.39 is 49.5 Å². The Hall–Kier alpha value is -2.38. The molecule has 0 aromatic carbocycles. The van der Waals surface area contributed by atoms with Crippen LogP contribution in [-0.4, -0.2) is 100 Å².